The van der Waals surface area contributed by atoms with Crippen LogP contribution in [0.15, 0.2) is 29.4 Å². The molecule has 0 aliphatic heterocycles. The summed E-state index contributed by atoms with van der Waals surface area (Å²) in [6, 6.07) is 7.51. The van der Waals surface area contributed by atoms with E-state index in [0.29, 0.717) is 13.2 Å². The maximum atomic E-state index is 5.38. The van der Waals surface area contributed by atoms with Crippen molar-refractivity contribution in [1.82, 2.24) is 0 Å². The normalized spacial score (nSPS) is 10.6. The van der Waals surface area contributed by atoms with Gasteiger partial charge in [-0.05, 0) is 29.8 Å². The van der Waals surface area contributed by atoms with Gasteiger partial charge in [-0.3, -0.25) is 0 Å². The third-order valence-corrected chi connectivity index (χ3v) is 1.66. The van der Waals surface area contributed by atoms with Gasteiger partial charge in [0.05, 0.1) is 12.8 Å². The molecular weight excluding hydrogens is 180 g/mol. The van der Waals surface area contributed by atoms with Crippen molar-refractivity contribution >= 4 is 6.21 Å². The molecule has 4 nitrogen and oxygen atoms in total. The van der Waals surface area contributed by atoms with Gasteiger partial charge in [-0.15, -0.1) is 0 Å². The van der Waals surface area contributed by atoms with Gasteiger partial charge < -0.3 is 15.3 Å². The van der Waals surface area contributed by atoms with Crippen LogP contribution in [0.1, 0.15) is 5.56 Å². The average Bonchev–Trinajstić information content (AvgIpc) is 2.21. The first-order chi connectivity index (χ1) is 6.86. The quantitative estimate of drug-likeness (QED) is 0.329. The molecule has 0 spiro atoms. The zero-order valence-electron chi connectivity index (χ0n) is 8.14. The molecule has 1 aromatic rings. The van der Waals surface area contributed by atoms with Crippen LogP contribution < -0.4 is 10.6 Å². The molecule has 0 fully saturated rings. The fourth-order valence-corrected chi connectivity index (χ4v) is 0.979. The lowest BCUT2D eigenvalue weighted by Gasteiger charge is -2.04. The predicted molar refractivity (Wildman–Crippen MR) is 55.6 cm³/mol. The summed E-state index contributed by atoms with van der Waals surface area (Å²) < 4.78 is 10.2. The maximum absolute atomic E-state index is 5.38. The number of ether oxygens (including phenoxy) is 2. The van der Waals surface area contributed by atoms with Gasteiger partial charge >= 0.3 is 0 Å². The van der Waals surface area contributed by atoms with E-state index in [2.05, 4.69) is 5.10 Å². The highest BCUT2D eigenvalue weighted by Gasteiger charge is 1.93. The van der Waals surface area contributed by atoms with Gasteiger partial charge in [-0.2, -0.15) is 5.10 Å². The molecule has 0 heterocycles. The standard InChI is InChI=1S/C10H14N2O2/c1-13-6-7-14-10-4-2-9(3-5-10)8-12-11/h2-5,8H,6-7,11H2,1H3. The van der Waals surface area contributed by atoms with Crippen LogP contribution in [0.3, 0.4) is 0 Å². The Morgan fingerprint density at radius 1 is 1.29 bits per heavy atom. The van der Waals surface area contributed by atoms with E-state index >= 15 is 0 Å². The van der Waals surface area contributed by atoms with E-state index < -0.39 is 0 Å². The van der Waals surface area contributed by atoms with Gasteiger partial charge in [-0.1, -0.05) is 0 Å². The van der Waals surface area contributed by atoms with Crippen LogP contribution in [0.4, 0.5) is 0 Å². The third-order valence-electron chi connectivity index (χ3n) is 1.66. The summed E-state index contributed by atoms with van der Waals surface area (Å²) in [6.45, 7) is 1.15. The van der Waals surface area contributed by atoms with Gasteiger partial charge in [0.2, 0.25) is 0 Å². The first-order valence-corrected chi connectivity index (χ1v) is 4.32. The van der Waals surface area contributed by atoms with Crippen molar-refractivity contribution < 1.29 is 9.47 Å². The summed E-state index contributed by atoms with van der Waals surface area (Å²) in [5, 5.41) is 3.43. The lowest BCUT2D eigenvalue weighted by Crippen LogP contribution is -2.04. The van der Waals surface area contributed by atoms with Crippen molar-refractivity contribution in [2.24, 2.45) is 10.9 Å². The van der Waals surface area contributed by atoms with Crippen molar-refractivity contribution in [2.45, 2.75) is 0 Å². The lowest BCUT2D eigenvalue weighted by atomic mass is 10.2. The maximum Gasteiger partial charge on any atom is 0.119 e. The summed E-state index contributed by atoms with van der Waals surface area (Å²) in [5.41, 5.74) is 0.951. The molecule has 0 aliphatic rings. The number of rotatable bonds is 5. The Hall–Kier alpha value is -1.55. The molecule has 14 heavy (non-hydrogen) atoms. The van der Waals surface area contributed by atoms with Crippen LogP contribution in [0.25, 0.3) is 0 Å². The van der Waals surface area contributed by atoms with Crippen molar-refractivity contribution in [3.05, 3.63) is 29.8 Å². The molecule has 76 valence electrons. The molecule has 1 rings (SSSR count). The van der Waals surface area contributed by atoms with Gasteiger partial charge in [0.15, 0.2) is 0 Å². The smallest absolute Gasteiger partial charge is 0.119 e. The minimum atomic E-state index is 0.556. The second-order valence-corrected chi connectivity index (χ2v) is 2.69. The molecule has 0 radical (unpaired) electrons. The lowest BCUT2D eigenvalue weighted by molar-refractivity contribution is 0.146. The molecule has 0 saturated heterocycles. The van der Waals surface area contributed by atoms with Gasteiger partial charge in [-0.25, -0.2) is 0 Å². The second kappa shape index (κ2) is 5.99. The Morgan fingerprint density at radius 2 is 2.00 bits per heavy atom. The van der Waals surface area contributed by atoms with E-state index in [9.17, 15) is 0 Å². The number of hydrogen-bond acceptors (Lipinski definition) is 4. The number of nitrogens with two attached hydrogens (primary N) is 1. The Balaban J connectivity index is 2.46. The molecule has 1 aromatic carbocycles. The second-order valence-electron chi connectivity index (χ2n) is 2.69. The highest BCUT2D eigenvalue weighted by molar-refractivity contribution is 5.79. The molecule has 0 bridgehead atoms. The van der Waals surface area contributed by atoms with Crippen LogP contribution in [-0.4, -0.2) is 26.5 Å². The molecular formula is C10H14N2O2. The largest absolute Gasteiger partial charge is 0.491 e. The Kier molecular flexibility index (Phi) is 4.50. The Morgan fingerprint density at radius 3 is 2.57 bits per heavy atom. The van der Waals surface area contributed by atoms with Gasteiger partial charge in [0.1, 0.15) is 12.4 Å². The molecule has 0 amide bonds. The third kappa shape index (κ3) is 3.45. The predicted octanol–water partition coefficient (Wildman–Crippen LogP) is 1.00. The summed E-state index contributed by atoms with van der Waals surface area (Å²) in [4.78, 5) is 0. The highest BCUT2D eigenvalue weighted by atomic mass is 16.5. The fraction of sp³-hybridized carbons (Fsp3) is 0.300. The molecule has 0 atom stereocenters. The number of nitrogens with zero attached hydrogens (tertiary/aromatic N) is 1. The van der Waals surface area contributed by atoms with Crippen molar-refractivity contribution in [2.75, 3.05) is 20.3 Å². The van der Waals surface area contributed by atoms with Gasteiger partial charge in [0, 0.05) is 7.11 Å². The first kappa shape index (κ1) is 10.5. The van der Waals surface area contributed by atoms with Crippen molar-refractivity contribution in [1.29, 1.82) is 0 Å². The zero-order valence-corrected chi connectivity index (χ0v) is 8.14. The van der Waals surface area contributed by atoms with E-state index in [1.165, 1.54) is 0 Å². The monoisotopic (exact) mass is 194 g/mol. The van der Waals surface area contributed by atoms with Crippen LogP contribution >= 0.6 is 0 Å². The zero-order chi connectivity index (χ0) is 10.2. The number of methoxy groups -OCH3 is 1. The van der Waals surface area contributed by atoms with E-state index in [1.54, 1.807) is 13.3 Å². The highest BCUT2D eigenvalue weighted by Crippen LogP contribution is 2.10. The van der Waals surface area contributed by atoms with Gasteiger partial charge in [0.25, 0.3) is 0 Å². The summed E-state index contributed by atoms with van der Waals surface area (Å²) in [5.74, 6) is 5.83. The van der Waals surface area contributed by atoms with Crippen LogP contribution in [0, 0.1) is 0 Å². The summed E-state index contributed by atoms with van der Waals surface area (Å²) in [6.07, 6.45) is 1.58. The molecule has 0 aliphatic carbocycles. The van der Waals surface area contributed by atoms with E-state index in [4.69, 9.17) is 15.3 Å². The van der Waals surface area contributed by atoms with Crippen LogP contribution in [0.5, 0.6) is 5.75 Å². The number of benzene rings is 1. The average molecular weight is 194 g/mol. The summed E-state index contributed by atoms with van der Waals surface area (Å²) in [7, 11) is 1.64. The molecule has 4 heteroatoms. The number of hydrogen-bond donors (Lipinski definition) is 1. The molecule has 0 aromatic heterocycles. The molecule has 2 N–H and O–H groups in total. The summed E-state index contributed by atoms with van der Waals surface area (Å²) >= 11 is 0. The SMILES string of the molecule is COCCOc1ccc(C=NN)cc1. The van der Waals surface area contributed by atoms with Crippen molar-refractivity contribution in [3.63, 3.8) is 0 Å². The van der Waals surface area contributed by atoms with Crippen LogP contribution in [0.2, 0.25) is 0 Å². The number of hydrazone groups is 1. The van der Waals surface area contributed by atoms with E-state index in [0.717, 1.165) is 11.3 Å². The van der Waals surface area contributed by atoms with Crippen molar-refractivity contribution in [3.8, 4) is 5.75 Å². The Bertz CT molecular complexity index is 283. The first-order valence-electron chi connectivity index (χ1n) is 4.32. The molecule has 0 saturated carbocycles. The van der Waals surface area contributed by atoms with E-state index in [1.807, 2.05) is 24.3 Å². The molecule has 0 unspecified atom stereocenters. The van der Waals surface area contributed by atoms with E-state index in [-0.39, 0.29) is 0 Å². The fourth-order valence-electron chi connectivity index (χ4n) is 0.979. The Labute approximate surface area is 83.3 Å². The topological polar surface area (TPSA) is 56.8 Å². The minimum Gasteiger partial charge on any atom is -0.491 e. The van der Waals surface area contributed by atoms with Crippen LogP contribution in [-0.2, 0) is 4.74 Å². The minimum absolute atomic E-state index is 0.556.